The Morgan fingerprint density at radius 1 is 1.03 bits per heavy atom. The minimum absolute atomic E-state index is 0.120. The Bertz CT molecular complexity index is 1180. The van der Waals surface area contributed by atoms with Crippen molar-refractivity contribution in [1.29, 1.82) is 0 Å². The molecule has 34 heavy (non-hydrogen) atoms. The van der Waals surface area contributed by atoms with Crippen LogP contribution in [-0.4, -0.2) is 50.7 Å². The molecule has 2 aromatic rings. The Labute approximate surface area is 208 Å². The molecule has 3 aliphatic rings. The average Bonchev–Trinajstić information content (AvgIpc) is 2.91. The highest BCUT2D eigenvalue weighted by atomic mass is 35.5. The highest BCUT2D eigenvalue weighted by Gasteiger charge is 2.53. The van der Waals surface area contributed by atoms with Gasteiger partial charge < -0.3 is 14.2 Å². The smallest absolute Gasteiger partial charge is 0.399 e. The van der Waals surface area contributed by atoms with Crippen LogP contribution in [0.3, 0.4) is 0 Å². The van der Waals surface area contributed by atoms with Gasteiger partial charge in [0, 0.05) is 35.8 Å². The summed E-state index contributed by atoms with van der Waals surface area (Å²) in [5.41, 5.74) is 0.943. The molecule has 9 heteroatoms. The van der Waals surface area contributed by atoms with Gasteiger partial charge in [-0.2, -0.15) is 4.31 Å². The largest absolute Gasteiger partial charge is 0.496 e. The maximum absolute atomic E-state index is 14.0. The van der Waals surface area contributed by atoms with Crippen LogP contribution < -0.4 is 10.4 Å². The van der Waals surface area contributed by atoms with Crippen molar-refractivity contribution in [2.75, 3.05) is 18.5 Å². The minimum atomic E-state index is -3.77. The molecule has 0 radical (unpaired) electrons. The summed E-state index contributed by atoms with van der Waals surface area (Å²) in [6.07, 6.45) is 3.23. The molecule has 0 N–H and O–H groups in total. The van der Waals surface area contributed by atoms with Crippen LogP contribution in [0.2, 0.25) is 5.02 Å². The molecule has 182 valence electrons. The molecule has 0 unspecified atom stereocenters. The predicted octanol–water partition coefficient (Wildman–Crippen LogP) is 4.58. The molecule has 6 nitrogen and oxygen atoms in total. The first-order valence-electron chi connectivity index (χ1n) is 11.9. The third-order valence-electron chi connectivity index (χ3n) is 8.13. The van der Waals surface area contributed by atoms with Gasteiger partial charge in [-0.3, -0.25) is 0 Å². The van der Waals surface area contributed by atoms with Crippen LogP contribution in [0.1, 0.15) is 47.0 Å². The summed E-state index contributed by atoms with van der Waals surface area (Å²) >= 11 is 6.81. The van der Waals surface area contributed by atoms with E-state index in [4.69, 9.17) is 20.9 Å². The van der Waals surface area contributed by atoms with E-state index < -0.39 is 28.3 Å². The van der Waals surface area contributed by atoms with Crippen molar-refractivity contribution in [1.82, 2.24) is 4.31 Å². The van der Waals surface area contributed by atoms with E-state index in [1.807, 2.05) is 58.0 Å². The molecule has 1 saturated heterocycles. The molecular weight excluding hydrogens is 471 g/mol. The zero-order chi connectivity index (χ0) is 24.5. The average molecular weight is 503 g/mol. The fourth-order valence-corrected chi connectivity index (χ4v) is 6.85. The first-order valence-corrected chi connectivity index (χ1v) is 13.7. The quantitative estimate of drug-likeness (QED) is 0.575. The summed E-state index contributed by atoms with van der Waals surface area (Å²) in [6, 6.07) is 13.2. The standard InChI is InChI=1S/C25H32BClN2O4S/c1-24(2)25(3,4)33-26(32-24)19-14-23-21(15-20(19)27)29(18-12-7-6-8-13-18)16-22(17-10-9-11-17)28(5)34(23,30)31/h6-8,12-15,17,22H,9-11,16H2,1-5H3/t22-/m0/s1. The maximum Gasteiger partial charge on any atom is 0.496 e. The number of sulfonamides is 1. The highest BCUT2D eigenvalue weighted by molar-refractivity contribution is 7.89. The Hall–Kier alpha value is -1.58. The lowest BCUT2D eigenvalue weighted by atomic mass is 9.78. The number of rotatable bonds is 3. The normalized spacial score (nSPS) is 26.1. The second-order valence-electron chi connectivity index (χ2n) is 10.7. The van der Waals surface area contributed by atoms with Gasteiger partial charge in [0.1, 0.15) is 4.90 Å². The molecule has 2 fully saturated rings. The van der Waals surface area contributed by atoms with E-state index in [9.17, 15) is 8.42 Å². The van der Waals surface area contributed by atoms with E-state index in [0.717, 1.165) is 24.9 Å². The third kappa shape index (κ3) is 3.79. The fourth-order valence-electron chi connectivity index (χ4n) is 4.98. The number of hydrogen-bond acceptors (Lipinski definition) is 5. The molecule has 5 rings (SSSR count). The summed E-state index contributed by atoms with van der Waals surface area (Å²) in [7, 11) is -2.82. The summed E-state index contributed by atoms with van der Waals surface area (Å²) in [5.74, 6) is 0.346. The Morgan fingerprint density at radius 2 is 1.65 bits per heavy atom. The zero-order valence-electron chi connectivity index (χ0n) is 20.4. The number of hydrogen-bond donors (Lipinski definition) is 0. The molecule has 0 amide bonds. The number of anilines is 2. The van der Waals surface area contributed by atoms with E-state index in [-0.39, 0.29) is 10.9 Å². The van der Waals surface area contributed by atoms with Gasteiger partial charge in [-0.25, -0.2) is 8.42 Å². The van der Waals surface area contributed by atoms with E-state index in [2.05, 4.69) is 4.90 Å². The van der Waals surface area contributed by atoms with Gasteiger partial charge in [0.05, 0.1) is 16.9 Å². The number of halogens is 1. The molecule has 1 atom stereocenters. The lowest BCUT2D eigenvalue weighted by molar-refractivity contribution is 0.00578. The number of fused-ring (bicyclic) bond motifs is 1. The summed E-state index contributed by atoms with van der Waals surface area (Å²) in [5, 5.41) is 0.429. The van der Waals surface area contributed by atoms with Crippen LogP contribution in [0.15, 0.2) is 47.4 Å². The van der Waals surface area contributed by atoms with E-state index in [0.29, 0.717) is 28.6 Å². The van der Waals surface area contributed by atoms with Crippen LogP contribution in [0, 0.1) is 5.92 Å². The zero-order valence-corrected chi connectivity index (χ0v) is 22.0. The summed E-state index contributed by atoms with van der Waals surface area (Å²) in [4.78, 5) is 2.33. The highest BCUT2D eigenvalue weighted by Crippen LogP contribution is 2.43. The van der Waals surface area contributed by atoms with E-state index in [1.165, 1.54) is 0 Å². The van der Waals surface area contributed by atoms with Crippen molar-refractivity contribution in [3.8, 4) is 0 Å². The fraction of sp³-hybridized carbons (Fsp3) is 0.520. The lowest BCUT2D eigenvalue weighted by Gasteiger charge is -2.39. The molecule has 0 bridgehead atoms. The maximum atomic E-state index is 14.0. The molecule has 0 spiro atoms. The van der Waals surface area contributed by atoms with Gasteiger partial charge in [0.2, 0.25) is 10.0 Å². The number of likely N-dealkylation sites (N-methyl/N-ethyl adjacent to an activating group) is 1. The third-order valence-corrected chi connectivity index (χ3v) is 10.4. The Morgan fingerprint density at radius 3 is 2.21 bits per heavy atom. The second kappa shape index (κ2) is 8.24. The van der Waals surface area contributed by atoms with Gasteiger partial charge in [-0.1, -0.05) is 36.2 Å². The molecule has 2 heterocycles. The van der Waals surface area contributed by atoms with Crippen molar-refractivity contribution < 1.29 is 17.7 Å². The van der Waals surface area contributed by atoms with E-state index in [1.54, 1.807) is 23.5 Å². The summed E-state index contributed by atoms with van der Waals surface area (Å²) < 4.78 is 41.9. The van der Waals surface area contributed by atoms with Crippen molar-refractivity contribution in [3.05, 3.63) is 47.5 Å². The number of para-hydroxylation sites is 1. The minimum Gasteiger partial charge on any atom is -0.399 e. The SMILES string of the molecule is CN1[C@H](C2CCC2)CN(c2ccccc2)c2cc(Cl)c(B3OC(C)(C)C(C)(C)O3)cc2S1(=O)=O. The van der Waals surface area contributed by atoms with Crippen LogP contribution in [0.5, 0.6) is 0 Å². The van der Waals surface area contributed by atoms with Crippen LogP contribution in [0.4, 0.5) is 11.4 Å². The van der Waals surface area contributed by atoms with Gasteiger partial charge in [0.15, 0.2) is 0 Å². The molecule has 1 aliphatic carbocycles. The van der Waals surface area contributed by atoms with Crippen LogP contribution in [-0.2, 0) is 19.3 Å². The van der Waals surface area contributed by atoms with Gasteiger partial charge in [-0.05, 0) is 70.7 Å². The van der Waals surface area contributed by atoms with E-state index >= 15 is 0 Å². The first-order chi connectivity index (χ1) is 15.9. The second-order valence-corrected chi connectivity index (χ2v) is 13.0. The van der Waals surface area contributed by atoms with Crippen LogP contribution >= 0.6 is 11.6 Å². The molecular formula is C25H32BClN2O4S. The van der Waals surface area contributed by atoms with Gasteiger partial charge >= 0.3 is 7.12 Å². The van der Waals surface area contributed by atoms with Crippen LogP contribution in [0.25, 0.3) is 0 Å². The predicted molar refractivity (Wildman–Crippen MR) is 137 cm³/mol. The first kappa shape index (κ1) is 24.1. The number of benzene rings is 2. The van der Waals surface area contributed by atoms with Gasteiger partial charge in [-0.15, -0.1) is 0 Å². The molecule has 1 saturated carbocycles. The van der Waals surface area contributed by atoms with Gasteiger partial charge in [0.25, 0.3) is 0 Å². The monoisotopic (exact) mass is 502 g/mol. The Balaban J connectivity index is 1.67. The molecule has 2 aromatic carbocycles. The number of nitrogens with zero attached hydrogens (tertiary/aromatic N) is 2. The molecule has 2 aliphatic heterocycles. The van der Waals surface area contributed by atoms with Crippen molar-refractivity contribution >= 4 is 45.6 Å². The molecule has 0 aromatic heterocycles. The summed E-state index contributed by atoms with van der Waals surface area (Å²) in [6.45, 7) is 8.44. The lowest BCUT2D eigenvalue weighted by Crippen LogP contribution is -2.47. The van der Waals surface area contributed by atoms with Crippen molar-refractivity contribution in [3.63, 3.8) is 0 Å². The Kier molecular flexibility index (Phi) is 5.85. The topological polar surface area (TPSA) is 59.1 Å². The van der Waals surface area contributed by atoms with Crippen molar-refractivity contribution in [2.45, 2.75) is 69.1 Å². The van der Waals surface area contributed by atoms with Crippen molar-refractivity contribution in [2.24, 2.45) is 5.92 Å².